The Morgan fingerprint density at radius 2 is 2.14 bits per heavy atom. The van der Waals surface area contributed by atoms with E-state index in [2.05, 4.69) is 4.74 Å². The predicted octanol–water partition coefficient (Wildman–Crippen LogP) is 0.187. The molecule has 0 aliphatic rings. The maximum Gasteiger partial charge on any atom is 0.529 e. The molecule has 5 heteroatoms. The smallest absolute Gasteiger partial charge is 0.529 e. The number of carbonyl (C=O) groups excluding carboxylic acids is 1. The number of amides is 1. The Morgan fingerprint density at radius 3 is 2.71 bits per heavy atom. The van der Waals surface area contributed by atoms with Crippen molar-refractivity contribution >= 4 is 6.09 Å². The first-order valence-corrected chi connectivity index (χ1v) is 3.89. The van der Waals surface area contributed by atoms with Crippen LogP contribution in [0, 0.1) is 16.7 Å². The molecule has 1 amide bonds. The minimum atomic E-state index is -1.18. The summed E-state index contributed by atoms with van der Waals surface area (Å²) < 4.78 is 4.57. The SMILES string of the molecule is N#C[NH+]([O-])C(=O)OCc1ccccc1. The summed E-state index contributed by atoms with van der Waals surface area (Å²) in [7, 11) is 0. The lowest BCUT2D eigenvalue weighted by Gasteiger charge is -2.08. The molecular formula is C9H8N2O3. The van der Waals surface area contributed by atoms with Crippen molar-refractivity contribution in [1.82, 2.24) is 0 Å². The fourth-order valence-electron chi connectivity index (χ4n) is 0.834. The van der Waals surface area contributed by atoms with Crippen LogP contribution in [0.1, 0.15) is 5.56 Å². The van der Waals surface area contributed by atoms with Crippen LogP contribution in [0.25, 0.3) is 0 Å². The van der Waals surface area contributed by atoms with Gasteiger partial charge in [0.2, 0.25) is 0 Å². The summed E-state index contributed by atoms with van der Waals surface area (Å²) in [5.41, 5.74) is 0.770. The zero-order chi connectivity index (χ0) is 10.4. The molecule has 0 saturated heterocycles. The molecule has 0 saturated carbocycles. The van der Waals surface area contributed by atoms with Gasteiger partial charge in [0, 0.05) is 0 Å². The number of hydrogen-bond acceptors (Lipinski definition) is 4. The van der Waals surface area contributed by atoms with E-state index in [0.29, 0.717) is 0 Å². The third kappa shape index (κ3) is 2.86. The Morgan fingerprint density at radius 1 is 1.50 bits per heavy atom. The van der Waals surface area contributed by atoms with Gasteiger partial charge in [0.15, 0.2) is 0 Å². The molecule has 14 heavy (non-hydrogen) atoms. The molecule has 1 aromatic carbocycles. The first-order chi connectivity index (χ1) is 6.74. The predicted molar refractivity (Wildman–Crippen MR) is 46.6 cm³/mol. The molecular weight excluding hydrogens is 184 g/mol. The maximum absolute atomic E-state index is 10.8. The van der Waals surface area contributed by atoms with Gasteiger partial charge >= 0.3 is 12.3 Å². The highest BCUT2D eigenvalue weighted by Crippen LogP contribution is 1.99. The largest absolute Gasteiger partial charge is 0.608 e. The molecule has 0 aliphatic heterocycles. The molecule has 1 N–H and O–H groups in total. The summed E-state index contributed by atoms with van der Waals surface area (Å²) >= 11 is 0. The van der Waals surface area contributed by atoms with Crippen LogP contribution < -0.4 is 5.06 Å². The first kappa shape index (κ1) is 10.2. The van der Waals surface area contributed by atoms with E-state index in [0.717, 1.165) is 5.56 Å². The number of hydroxylamine groups is 2. The molecule has 1 aromatic rings. The maximum atomic E-state index is 10.8. The summed E-state index contributed by atoms with van der Waals surface area (Å²) in [6.07, 6.45) is 0.0730. The zero-order valence-electron chi connectivity index (χ0n) is 7.27. The minimum Gasteiger partial charge on any atom is -0.608 e. The number of nitrogens with zero attached hydrogens (tertiary/aromatic N) is 1. The van der Waals surface area contributed by atoms with Crippen LogP contribution >= 0.6 is 0 Å². The monoisotopic (exact) mass is 192 g/mol. The molecule has 0 aliphatic carbocycles. The van der Waals surface area contributed by atoms with Crippen LogP contribution in [-0.4, -0.2) is 6.09 Å². The standard InChI is InChI=1S/C9H8N2O3/c10-7-11(13)9(12)14-6-8-4-2-1-3-5-8/h1-5,11H,6H2. The average Bonchev–Trinajstić information content (AvgIpc) is 2.26. The normalized spacial score (nSPS) is 11.4. The van der Waals surface area contributed by atoms with E-state index < -0.39 is 11.2 Å². The van der Waals surface area contributed by atoms with E-state index in [1.807, 2.05) is 6.07 Å². The number of hydrogen-bond donors (Lipinski definition) is 1. The fourth-order valence-corrected chi connectivity index (χ4v) is 0.834. The Kier molecular flexibility index (Phi) is 3.61. The van der Waals surface area contributed by atoms with Gasteiger partial charge in [-0.05, 0) is 5.56 Å². The van der Waals surface area contributed by atoms with E-state index in [1.165, 1.54) is 6.19 Å². The lowest BCUT2D eigenvalue weighted by Crippen LogP contribution is -3.06. The summed E-state index contributed by atoms with van der Waals surface area (Å²) in [5.74, 6) is 0. The molecule has 72 valence electrons. The van der Waals surface area contributed by atoms with Gasteiger partial charge in [-0.25, -0.2) is 0 Å². The van der Waals surface area contributed by atoms with E-state index >= 15 is 0 Å². The second-order valence-corrected chi connectivity index (χ2v) is 2.50. The van der Waals surface area contributed by atoms with Crippen LogP contribution in [0.15, 0.2) is 30.3 Å². The van der Waals surface area contributed by atoms with E-state index in [4.69, 9.17) is 5.26 Å². The van der Waals surface area contributed by atoms with Crippen molar-refractivity contribution in [2.24, 2.45) is 0 Å². The molecule has 1 unspecified atom stereocenters. The second kappa shape index (κ2) is 4.97. The molecule has 0 heterocycles. The average molecular weight is 192 g/mol. The fraction of sp³-hybridized carbons (Fsp3) is 0.111. The summed E-state index contributed by atoms with van der Waals surface area (Å²) in [6, 6.07) is 8.91. The third-order valence-corrected chi connectivity index (χ3v) is 1.50. The zero-order valence-corrected chi connectivity index (χ0v) is 7.27. The number of nitrogens with one attached hydrogen (secondary N) is 1. The quantitative estimate of drug-likeness (QED) is 0.535. The molecule has 0 aromatic heterocycles. The van der Waals surface area contributed by atoms with Crippen LogP contribution in [0.4, 0.5) is 4.79 Å². The van der Waals surface area contributed by atoms with Gasteiger partial charge in [0.05, 0.1) is 0 Å². The highest BCUT2D eigenvalue weighted by atomic mass is 16.6. The lowest BCUT2D eigenvalue weighted by molar-refractivity contribution is -0.691. The second-order valence-electron chi connectivity index (χ2n) is 2.50. The number of ether oxygens (including phenoxy) is 1. The highest BCUT2D eigenvalue weighted by Gasteiger charge is 2.11. The van der Waals surface area contributed by atoms with E-state index in [9.17, 15) is 10.0 Å². The lowest BCUT2D eigenvalue weighted by atomic mass is 10.2. The van der Waals surface area contributed by atoms with E-state index in [-0.39, 0.29) is 6.61 Å². The Labute approximate surface area is 80.7 Å². The summed E-state index contributed by atoms with van der Waals surface area (Å²) in [6.45, 7) is 0.00704. The molecule has 1 atom stereocenters. The number of quaternary nitrogens is 1. The Bertz CT molecular complexity index is 345. The Hall–Kier alpha value is -1.90. The van der Waals surface area contributed by atoms with Crippen molar-refractivity contribution in [2.45, 2.75) is 6.61 Å². The van der Waals surface area contributed by atoms with Gasteiger partial charge in [-0.2, -0.15) is 9.86 Å². The molecule has 1 rings (SSSR count). The number of benzene rings is 1. The van der Waals surface area contributed by atoms with Crippen molar-refractivity contribution in [3.63, 3.8) is 0 Å². The van der Waals surface area contributed by atoms with Crippen molar-refractivity contribution in [3.8, 4) is 6.19 Å². The van der Waals surface area contributed by atoms with Crippen molar-refractivity contribution in [2.75, 3.05) is 0 Å². The van der Waals surface area contributed by atoms with Crippen molar-refractivity contribution in [1.29, 1.82) is 5.26 Å². The molecule has 5 nitrogen and oxygen atoms in total. The van der Waals surface area contributed by atoms with Gasteiger partial charge < -0.3 is 9.94 Å². The number of carbonyl (C=O) groups is 1. The van der Waals surface area contributed by atoms with Gasteiger partial charge in [-0.15, -0.1) is 5.26 Å². The van der Waals surface area contributed by atoms with Crippen molar-refractivity contribution in [3.05, 3.63) is 41.1 Å². The highest BCUT2D eigenvalue weighted by molar-refractivity contribution is 5.57. The van der Waals surface area contributed by atoms with Crippen LogP contribution in [0.3, 0.4) is 0 Å². The van der Waals surface area contributed by atoms with Gasteiger partial charge in [-0.3, -0.25) is 0 Å². The van der Waals surface area contributed by atoms with Crippen LogP contribution in [-0.2, 0) is 11.3 Å². The number of rotatable bonds is 2. The summed E-state index contributed by atoms with van der Waals surface area (Å²) in [4.78, 5) is 10.8. The molecule has 0 spiro atoms. The van der Waals surface area contributed by atoms with Crippen LogP contribution in [0.2, 0.25) is 0 Å². The van der Waals surface area contributed by atoms with E-state index in [1.54, 1.807) is 24.3 Å². The van der Waals surface area contributed by atoms with Gasteiger partial charge in [0.25, 0.3) is 0 Å². The molecule has 0 fully saturated rings. The minimum absolute atomic E-state index is 0.00704. The molecule has 0 radical (unpaired) electrons. The van der Waals surface area contributed by atoms with Crippen LogP contribution in [0.5, 0.6) is 0 Å². The molecule has 0 bridgehead atoms. The third-order valence-electron chi connectivity index (χ3n) is 1.50. The Balaban J connectivity index is 2.43. The topological polar surface area (TPSA) is 77.6 Å². The number of alkyl carbamates (subject to hydrolysis) is 1. The summed E-state index contributed by atoms with van der Waals surface area (Å²) in [5, 5.41) is 17.4. The first-order valence-electron chi connectivity index (χ1n) is 3.89. The van der Waals surface area contributed by atoms with Gasteiger partial charge in [-0.1, -0.05) is 30.3 Å². The number of nitriles is 1. The van der Waals surface area contributed by atoms with Gasteiger partial charge in [0.1, 0.15) is 6.61 Å². The van der Waals surface area contributed by atoms with Crippen molar-refractivity contribution < 1.29 is 14.6 Å².